The van der Waals surface area contributed by atoms with Gasteiger partial charge >= 0.3 is 11.9 Å². The first kappa shape index (κ1) is 59.1. The van der Waals surface area contributed by atoms with Crippen molar-refractivity contribution in [3.63, 3.8) is 0 Å². The van der Waals surface area contributed by atoms with E-state index in [1.165, 1.54) is 116 Å². The molecule has 0 aromatic rings. The Balaban J connectivity index is 4.37. The van der Waals surface area contributed by atoms with Crippen LogP contribution in [0.4, 0.5) is 0 Å². The van der Waals surface area contributed by atoms with E-state index >= 15 is 0 Å². The summed E-state index contributed by atoms with van der Waals surface area (Å²) in [4.78, 5) is 25.4. The van der Waals surface area contributed by atoms with Crippen molar-refractivity contribution in [2.75, 3.05) is 19.8 Å². The zero-order chi connectivity index (χ0) is 44.9. The molecule has 0 fully saturated rings. The second-order valence-electron chi connectivity index (χ2n) is 17.0. The molecule has 1 atom stereocenters. The number of carbonyl (C=O) groups is 2. The minimum atomic E-state index is -0.575. The molecule has 5 nitrogen and oxygen atoms in total. The van der Waals surface area contributed by atoms with E-state index in [2.05, 4.69) is 106 Å². The van der Waals surface area contributed by atoms with Gasteiger partial charge in [0.25, 0.3) is 0 Å². The van der Waals surface area contributed by atoms with Crippen molar-refractivity contribution in [3.05, 3.63) is 85.1 Å². The van der Waals surface area contributed by atoms with Crippen LogP contribution >= 0.6 is 0 Å². The van der Waals surface area contributed by atoms with Gasteiger partial charge < -0.3 is 14.2 Å². The zero-order valence-corrected chi connectivity index (χ0v) is 40.9. The first-order valence-electron chi connectivity index (χ1n) is 26.1. The Labute approximate surface area is 384 Å². The van der Waals surface area contributed by atoms with Crippen LogP contribution in [0.25, 0.3) is 0 Å². The predicted octanol–water partition coefficient (Wildman–Crippen LogP) is 17.7. The molecule has 0 aromatic heterocycles. The highest BCUT2D eigenvalue weighted by molar-refractivity contribution is 5.70. The fraction of sp³-hybridized carbons (Fsp3) is 0.719. The fourth-order valence-electron chi connectivity index (χ4n) is 7.01. The van der Waals surface area contributed by atoms with Gasteiger partial charge in [0.2, 0.25) is 0 Å². The van der Waals surface area contributed by atoms with Gasteiger partial charge in [-0.3, -0.25) is 9.59 Å². The van der Waals surface area contributed by atoms with E-state index in [1.54, 1.807) is 0 Å². The van der Waals surface area contributed by atoms with Crippen LogP contribution in [0.15, 0.2) is 85.1 Å². The third-order valence-electron chi connectivity index (χ3n) is 10.9. The maximum Gasteiger partial charge on any atom is 0.306 e. The summed E-state index contributed by atoms with van der Waals surface area (Å²) in [5.41, 5.74) is 0. The molecule has 0 aliphatic rings. The van der Waals surface area contributed by atoms with E-state index in [1.807, 2.05) is 0 Å². The summed E-state index contributed by atoms with van der Waals surface area (Å²) < 4.78 is 17.3. The van der Waals surface area contributed by atoms with Crippen LogP contribution in [0.2, 0.25) is 0 Å². The summed E-state index contributed by atoms with van der Waals surface area (Å²) >= 11 is 0. The molecule has 0 rings (SSSR count). The largest absolute Gasteiger partial charge is 0.462 e. The number of carbonyl (C=O) groups excluding carboxylic acids is 2. The molecule has 0 amide bonds. The summed E-state index contributed by atoms with van der Waals surface area (Å²) in [6.07, 6.45) is 68.8. The van der Waals surface area contributed by atoms with Crippen LogP contribution in [0.3, 0.4) is 0 Å². The first-order valence-corrected chi connectivity index (χ1v) is 26.1. The van der Waals surface area contributed by atoms with Gasteiger partial charge in [-0.05, 0) is 109 Å². The zero-order valence-electron chi connectivity index (χ0n) is 40.9. The normalized spacial score (nSPS) is 12.9. The topological polar surface area (TPSA) is 61.8 Å². The lowest BCUT2D eigenvalue weighted by atomic mass is 10.1. The SMILES string of the molecule is CC/C=C\C/C=C\C/C=C\C/C=C\CCCOCC(COC(=O)CCCCCCCCC/C=C\C/C=C\CCCCC)OC(=O)CCCCCCC/C=C\CCCCCCCC. The van der Waals surface area contributed by atoms with E-state index in [9.17, 15) is 9.59 Å². The summed E-state index contributed by atoms with van der Waals surface area (Å²) in [6.45, 7) is 7.54. The number of hydrogen-bond acceptors (Lipinski definition) is 5. The maximum atomic E-state index is 12.8. The first-order chi connectivity index (χ1) is 30.6. The molecule has 0 aliphatic carbocycles. The van der Waals surface area contributed by atoms with Crippen molar-refractivity contribution in [2.24, 2.45) is 0 Å². The van der Waals surface area contributed by atoms with E-state index in [0.29, 0.717) is 19.4 Å². The molecule has 0 bridgehead atoms. The minimum absolute atomic E-state index is 0.0531. The molecule has 0 spiro atoms. The molecule has 5 heteroatoms. The highest BCUT2D eigenvalue weighted by Crippen LogP contribution is 2.13. The number of unbranched alkanes of at least 4 members (excludes halogenated alkanes) is 22. The Bertz CT molecular complexity index is 1160. The van der Waals surface area contributed by atoms with Crippen LogP contribution < -0.4 is 0 Å². The van der Waals surface area contributed by atoms with Crippen molar-refractivity contribution in [2.45, 2.75) is 245 Å². The van der Waals surface area contributed by atoms with Crippen LogP contribution in [0, 0.1) is 0 Å². The third kappa shape index (κ3) is 49.7. The molecule has 0 saturated carbocycles. The minimum Gasteiger partial charge on any atom is -0.462 e. The van der Waals surface area contributed by atoms with Crippen molar-refractivity contribution < 1.29 is 23.8 Å². The van der Waals surface area contributed by atoms with E-state index in [0.717, 1.165) is 89.9 Å². The lowest BCUT2D eigenvalue weighted by molar-refractivity contribution is -0.163. The Kier molecular flexibility index (Phi) is 50.0. The smallest absolute Gasteiger partial charge is 0.306 e. The highest BCUT2D eigenvalue weighted by atomic mass is 16.6. The molecule has 356 valence electrons. The molecule has 0 radical (unpaired) electrons. The van der Waals surface area contributed by atoms with Crippen molar-refractivity contribution >= 4 is 11.9 Å². The van der Waals surface area contributed by atoms with Gasteiger partial charge in [0.1, 0.15) is 6.61 Å². The molecule has 0 N–H and O–H groups in total. The third-order valence-corrected chi connectivity index (χ3v) is 10.9. The second-order valence-corrected chi connectivity index (χ2v) is 17.0. The van der Waals surface area contributed by atoms with E-state index in [4.69, 9.17) is 14.2 Å². The van der Waals surface area contributed by atoms with Crippen LogP contribution in [-0.4, -0.2) is 37.9 Å². The molecule has 62 heavy (non-hydrogen) atoms. The quantitative estimate of drug-likeness (QED) is 0.0346. The fourth-order valence-corrected chi connectivity index (χ4v) is 7.01. The summed E-state index contributed by atoms with van der Waals surface area (Å²) in [6, 6.07) is 0. The maximum absolute atomic E-state index is 12.8. The Hall–Kier alpha value is -2.92. The van der Waals surface area contributed by atoms with Crippen molar-refractivity contribution in [3.8, 4) is 0 Å². The molecule has 0 heterocycles. The molecule has 0 aromatic carbocycles. The summed E-state index contributed by atoms with van der Waals surface area (Å²) in [7, 11) is 0. The Morgan fingerprint density at radius 3 is 1.21 bits per heavy atom. The van der Waals surface area contributed by atoms with Crippen LogP contribution in [-0.2, 0) is 23.8 Å². The monoisotopic (exact) mass is 863 g/mol. The predicted molar refractivity (Wildman–Crippen MR) is 270 cm³/mol. The summed E-state index contributed by atoms with van der Waals surface area (Å²) in [5, 5.41) is 0. The van der Waals surface area contributed by atoms with Gasteiger partial charge in [-0.25, -0.2) is 0 Å². The molecule has 0 aliphatic heterocycles. The number of allylic oxidation sites excluding steroid dienone is 14. The van der Waals surface area contributed by atoms with Crippen molar-refractivity contribution in [1.82, 2.24) is 0 Å². The molecule has 0 saturated heterocycles. The molecular weight excluding hydrogens is 765 g/mol. The lowest BCUT2D eigenvalue weighted by Crippen LogP contribution is -2.30. The average Bonchev–Trinajstić information content (AvgIpc) is 3.27. The standard InChI is InChI=1S/C57H98O5/c1-4-7-10-13-16-19-22-25-28-29-31-32-35-38-41-44-47-50-56(58)61-54-55(53-60-52-49-46-43-40-37-34-27-24-21-18-15-12-9-6-3)62-57(59)51-48-45-42-39-36-33-30-26-23-20-17-14-11-8-5-2/h9,12,16,18-19,21,25-28,30,34,40,43,55H,4-8,10-11,13-15,17,20,22-24,29,31-33,35-39,41-42,44-54H2,1-3H3/b12-9-,19-16-,21-18-,28-25-,30-26-,34-27-,43-40-. The van der Waals surface area contributed by atoms with Gasteiger partial charge in [-0.2, -0.15) is 0 Å². The van der Waals surface area contributed by atoms with Crippen LogP contribution in [0.1, 0.15) is 239 Å². The van der Waals surface area contributed by atoms with E-state index in [-0.39, 0.29) is 25.2 Å². The summed E-state index contributed by atoms with van der Waals surface area (Å²) in [5.74, 6) is -0.446. The van der Waals surface area contributed by atoms with Crippen molar-refractivity contribution in [1.29, 1.82) is 0 Å². The lowest BCUT2D eigenvalue weighted by Gasteiger charge is -2.18. The van der Waals surface area contributed by atoms with Gasteiger partial charge in [-0.1, -0.05) is 202 Å². The number of hydrogen-bond donors (Lipinski definition) is 0. The molecule has 1 unspecified atom stereocenters. The number of rotatable bonds is 47. The van der Waals surface area contributed by atoms with Gasteiger partial charge in [-0.15, -0.1) is 0 Å². The van der Waals surface area contributed by atoms with Gasteiger partial charge in [0, 0.05) is 19.4 Å². The number of esters is 2. The van der Waals surface area contributed by atoms with Gasteiger partial charge in [0.05, 0.1) is 6.61 Å². The van der Waals surface area contributed by atoms with E-state index < -0.39 is 6.10 Å². The average molecular weight is 863 g/mol. The van der Waals surface area contributed by atoms with Crippen LogP contribution in [0.5, 0.6) is 0 Å². The second kappa shape index (κ2) is 52.4. The van der Waals surface area contributed by atoms with Gasteiger partial charge in [0.15, 0.2) is 6.10 Å². The highest BCUT2D eigenvalue weighted by Gasteiger charge is 2.17. The Morgan fingerprint density at radius 1 is 0.371 bits per heavy atom. The number of ether oxygens (including phenoxy) is 3. The Morgan fingerprint density at radius 2 is 0.726 bits per heavy atom. The molecular formula is C57H98O5.